The van der Waals surface area contributed by atoms with Crippen LogP contribution in [-0.2, 0) is 22.3 Å². The summed E-state index contributed by atoms with van der Waals surface area (Å²) in [5.74, 6) is 1.11. The van der Waals surface area contributed by atoms with Gasteiger partial charge in [-0.15, -0.1) is 0 Å². The molecule has 35 heavy (non-hydrogen) atoms. The highest BCUT2D eigenvalue weighted by atomic mass is 35.5. The lowest BCUT2D eigenvalue weighted by atomic mass is 9.88. The van der Waals surface area contributed by atoms with E-state index < -0.39 is 0 Å². The van der Waals surface area contributed by atoms with Crippen molar-refractivity contribution in [1.29, 1.82) is 0 Å². The molecule has 2 aromatic carbocycles. The molecule has 0 bridgehead atoms. The lowest BCUT2D eigenvalue weighted by molar-refractivity contribution is -0.00320. The van der Waals surface area contributed by atoms with Crippen molar-refractivity contribution in [1.82, 2.24) is 10.2 Å². The summed E-state index contributed by atoms with van der Waals surface area (Å²) >= 11 is 23.9. The molecule has 0 saturated carbocycles. The fourth-order valence-corrected chi connectivity index (χ4v) is 5.59. The zero-order chi connectivity index (χ0) is 25.4. The molecule has 0 aromatic heterocycles. The summed E-state index contributed by atoms with van der Waals surface area (Å²) in [6.45, 7) is 4.13. The van der Waals surface area contributed by atoms with Gasteiger partial charge in [0.1, 0.15) is 0 Å². The van der Waals surface area contributed by atoms with E-state index in [-0.39, 0.29) is 0 Å². The Morgan fingerprint density at radius 3 is 1.86 bits per heavy atom. The number of hydrogen-bond donors (Lipinski definition) is 1. The normalized spacial score (nSPS) is 25.1. The molecule has 2 aliphatic rings. The van der Waals surface area contributed by atoms with Crippen LogP contribution in [0.1, 0.15) is 24.0 Å². The lowest BCUT2D eigenvalue weighted by Gasteiger charge is -2.36. The van der Waals surface area contributed by atoms with Gasteiger partial charge in [-0.2, -0.15) is 0 Å². The van der Waals surface area contributed by atoms with Crippen LogP contribution in [0.4, 0.5) is 0 Å². The summed E-state index contributed by atoms with van der Waals surface area (Å²) in [5, 5.41) is 5.85. The van der Waals surface area contributed by atoms with Crippen molar-refractivity contribution in [3.63, 3.8) is 0 Å². The molecule has 0 spiro atoms. The van der Waals surface area contributed by atoms with E-state index in [1.807, 2.05) is 30.3 Å². The Balaban J connectivity index is 0.000000196. The second kappa shape index (κ2) is 14.4. The third-order valence-corrected chi connectivity index (χ3v) is 8.51. The predicted octanol–water partition coefficient (Wildman–Crippen LogP) is 6.66. The zero-order valence-electron chi connectivity index (χ0n) is 20.7. The van der Waals surface area contributed by atoms with Crippen molar-refractivity contribution in [2.24, 2.45) is 11.8 Å². The van der Waals surface area contributed by atoms with E-state index in [4.69, 9.17) is 55.9 Å². The molecule has 0 amide bonds. The van der Waals surface area contributed by atoms with Gasteiger partial charge in [0.25, 0.3) is 0 Å². The summed E-state index contributed by atoms with van der Waals surface area (Å²) in [7, 11) is 5.71. The van der Waals surface area contributed by atoms with Crippen LogP contribution in [0.25, 0.3) is 0 Å². The standard InChI is InChI=1S/C14H19Cl2NO.C13H17Cl2NO/c1-17-6-5-11(14(9-17)18-2)7-10-3-4-12(15)13(16)8-10;1-17-13-8-16-5-4-10(13)6-9-2-3-11(14)12(15)7-9/h3-4,8,11,14H,5-7,9H2,1-2H3;2-3,7,10,13,16H,4-6,8H2,1H3/t11?,14-;10?,13-/m11/s1. The summed E-state index contributed by atoms with van der Waals surface area (Å²) in [5.41, 5.74) is 2.47. The molecule has 1 N–H and O–H groups in total. The minimum atomic E-state index is 0.290. The first-order valence-corrected chi connectivity index (χ1v) is 13.6. The largest absolute Gasteiger partial charge is 0.380 e. The molecule has 4 atom stereocenters. The van der Waals surface area contributed by atoms with Crippen LogP contribution in [0.2, 0.25) is 20.1 Å². The first-order chi connectivity index (χ1) is 16.8. The zero-order valence-corrected chi connectivity index (χ0v) is 23.7. The molecule has 0 aliphatic carbocycles. The minimum absolute atomic E-state index is 0.290. The third-order valence-electron chi connectivity index (χ3n) is 7.03. The Morgan fingerprint density at radius 2 is 1.34 bits per heavy atom. The maximum atomic E-state index is 6.05. The fourth-order valence-electron chi connectivity index (χ4n) is 4.95. The highest BCUT2D eigenvalue weighted by Crippen LogP contribution is 2.28. The van der Waals surface area contributed by atoms with Gasteiger partial charge in [-0.1, -0.05) is 58.5 Å². The third kappa shape index (κ3) is 8.76. The predicted molar refractivity (Wildman–Crippen MR) is 149 cm³/mol. The molecule has 4 nitrogen and oxygen atoms in total. The molecular weight excluding hydrogens is 526 g/mol. The second-order valence-electron chi connectivity index (χ2n) is 9.52. The van der Waals surface area contributed by atoms with Gasteiger partial charge in [-0.3, -0.25) is 0 Å². The highest BCUT2D eigenvalue weighted by molar-refractivity contribution is 6.42. The number of methoxy groups -OCH3 is 2. The van der Waals surface area contributed by atoms with Crippen molar-refractivity contribution in [3.05, 3.63) is 67.6 Å². The van der Waals surface area contributed by atoms with Crippen LogP contribution in [-0.4, -0.2) is 64.6 Å². The van der Waals surface area contributed by atoms with Crippen LogP contribution in [0.15, 0.2) is 36.4 Å². The van der Waals surface area contributed by atoms with Crippen molar-refractivity contribution in [2.75, 3.05) is 47.4 Å². The fraction of sp³-hybridized carbons (Fsp3) is 0.556. The first-order valence-electron chi connectivity index (χ1n) is 12.1. The van der Waals surface area contributed by atoms with E-state index in [1.54, 1.807) is 14.2 Å². The molecule has 2 saturated heterocycles. The van der Waals surface area contributed by atoms with Crippen LogP contribution in [0.5, 0.6) is 0 Å². The van der Waals surface area contributed by atoms with E-state index in [2.05, 4.69) is 23.3 Å². The topological polar surface area (TPSA) is 33.7 Å². The molecule has 194 valence electrons. The van der Waals surface area contributed by atoms with E-state index >= 15 is 0 Å². The number of halogens is 4. The van der Waals surface area contributed by atoms with Gasteiger partial charge in [0.2, 0.25) is 0 Å². The monoisotopic (exact) mass is 560 g/mol. The van der Waals surface area contributed by atoms with Gasteiger partial charge >= 0.3 is 0 Å². The number of nitrogens with zero attached hydrogens (tertiary/aromatic N) is 1. The average molecular weight is 562 g/mol. The molecule has 4 rings (SSSR count). The quantitative estimate of drug-likeness (QED) is 0.427. The SMILES string of the molecule is CO[C@@H]1CN(C)CCC1Cc1ccc(Cl)c(Cl)c1.CO[C@@H]1CNCCC1Cc1ccc(Cl)c(Cl)c1. The van der Waals surface area contributed by atoms with Crippen LogP contribution >= 0.6 is 46.4 Å². The Labute approximate surface area is 230 Å². The molecule has 2 aromatic rings. The molecular formula is C27H36Cl4N2O2. The number of piperidine rings is 2. The van der Waals surface area contributed by atoms with Crippen LogP contribution in [0, 0.1) is 11.8 Å². The molecule has 2 heterocycles. The molecule has 2 fully saturated rings. The van der Waals surface area contributed by atoms with Gasteiger partial charge in [0.15, 0.2) is 0 Å². The van der Waals surface area contributed by atoms with Crippen molar-refractivity contribution < 1.29 is 9.47 Å². The molecule has 2 aliphatic heterocycles. The maximum Gasteiger partial charge on any atom is 0.0729 e. The summed E-state index contributed by atoms with van der Waals surface area (Å²) < 4.78 is 11.1. The molecule has 8 heteroatoms. The summed E-state index contributed by atoms with van der Waals surface area (Å²) in [4.78, 5) is 2.32. The number of likely N-dealkylation sites (tertiary alicyclic amines) is 1. The summed E-state index contributed by atoms with van der Waals surface area (Å²) in [6.07, 6.45) is 4.89. The van der Waals surface area contributed by atoms with Crippen LogP contribution in [0.3, 0.4) is 0 Å². The van der Waals surface area contributed by atoms with E-state index in [0.717, 1.165) is 51.9 Å². The Bertz CT molecular complexity index is 945. The number of hydrogen-bond acceptors (Lipinski definition) is 4. The Kier molecular flexibility index (Phi) is 11.9. The summed E-state index contributed by atoms with van der Waals surface area (Å²) in [6, 6.07) is 11.8. The van der Waals surface area contributed by atoms with Gasteiger partial charge in [0, 0.05) is 27.3 Å². The first kappa shape index (κ1) is 29.0. The van der Waals surface area contributed by atoms with Gasteiger partial charge in [-0.05, 0) is 93.0 Å². The lowest BCUT2D eigenvalue weighted by Crippen LogP contribution is -2.43. The Hall–Kier alpha value is -0.560. The second-order valence-corrected chi connectivity index (χ2v) is 11.1. The van der Waals surface area contributed by atoms with Gasteiger partial charge < -0.3 is 19.7 Å². The number of benzene rings is 2. The van der Waals surface area contributed by atoms with Gasteiger partial charge in [0.05, 0.1) is 32.3 Å². The highest BCUT2D eigenvalue weighted by Gasteiger charge is 2.28. The number of nitrogens with one attached hydrogen (secondary N) is 1. The molecule has 2 unspecified atom stereocenters. The van der Waals surface area contributed by atoms with E-state index in [9.17, 15) is 0 Å². The number of ether oxygens (including phenoxy) is 2. The minimum Gasteiger partial charge on any atom is -0.380 e. The van der Waals surface area contributed by atoms with Gasteiger partial charge in [-0.25, -0.2) is 0 Å². The molecule has 0 radical (unpaired) electrons. The van der Waals surface area contributed by atoms with E-state index in [0.29, 0.717) is 44.1 Å². The Morgan fingerprint density at radius 1 is 0.800 bits per heavy atom. The van der Waals surface area contributed by atoms with Crippen molar-refractivity contribution in [2.45, 2.75) is 37.9 Å². The maximum absolute atomic E-state index is 6.05. The average Bonchev–Trinajstić information content (AvgIpc) is 2.85. The van der Waals surface area contributed by atoms with E-state index in [1.165, 1.54) is 11.1 Å². The van der Waals surface area contributed by atoms with Crippen LogP contribution < -0.4 is 5.32 Å². The van der Waals surface area contributed by atoms with Crippen molar-refractivity contribution >= 4 is 46.4 Å². The smallest absolute Gasteiger partial charge is 0.0729 e. The van der Waals surface area contributed by atoms with Crippen molar-refractivity contribution in [3.8, 4) is 0 Å². The number of rotatable bonds is 6. The number of likely N-dealkylation sites (N-methyl/N-ethyl adjacent to an activating group) is 1.